The summed E-state index contributed by atoms with van der Waals surface area (Å²) in [5.74, 6) is -0.664. The number of nitrogens with zero attached hydrogens (tertiary/aromatic N) is 5. The monoisotopic (exact) mass is 489 g/mol. The number of aromatic nitrogens is 4. The number of fused-ring (bicyclic) bond motifs is 1. The number of benzene rings is 1. The van der Waals surface area contributed by atoms with Gasteiger partial charge in [-0.25, -0.2) is 13.8 Å². The highest BCUT2D eigenvalue weighted by Crippen LogP contribution is 2.25. The van der Waals surface area contributed by atoms with Gasteiger partial charge in [0.1, 0.15) is 17.2 Å². The molecule has 190 valence electrons. The molecule has 0 unspecified atom stereocenters. The number of halogens is 2. The maximum absolute atomic E-state index is 14.9. The van der Waals surface area contributed by atoms with E-state index in [9.17, 15) is 13.9 Å². The van der Waals surface area contributed by atoms with E-state index >= 15 is 0 Å². The maximum atomic E-state index is 14.9. The van der Waals surface area contributed by atoms with Gasteiger partial charge in [0.2, 0.25) is 5.95 Å². The minimum atomic E-state index is -0.621. The van der Waals surface area contributed by atoms with E-state index in [1.54, 1.807) is 6.20 Å². The van der Waals surface area contributed by atoms with Gasteiger partial charge in [-0.2, -0.15) is 10.1 Å². The molecule has 2 aromatic heterocycles. The van der Waals surface area contributed by atoms with Gasteiger partial charge in [-0.05, 0) is 37.0 Å². The second-order valence-corrected chi connectivity index (χ2v) is 8.84. The molecule has 0 amide bonds. The van der Waals surface area contributed by atoms with E-state index in [-0.39, 0.29) is 30.7 Å². The molecule has 0 atom stereocenters. The van der Waals surface area contributed by atoms with Crippen molar-refractivity contribution in [3.05, 3.63) is 41.1 Å². The summed E-state index contributed by atoms with van der Waals surface area (Å²) in [4.78, 5) is 10.5. The van der Waals surface area contributed by atoms with Crippen molar-refractivity contribution in [3.8, 4) is 0 Å². The number of nitrogen functional groups attached to an aromatic ring is 1. The first-order valence-electron chi connectivity index (χ1n) is 12.1. The normalized spacial score (nSPS) is 14.6. The second kappa shape index (κ2) is 11.7. The lowest BCUT2D eigenvalue weighted by atomic mass is 10.1. The molecular weight excluding hydrogens is 456 g/mol. The number of unbranched alkanes of at least 4 members (excludes halogenated alkanes) is 1. The number of nitrogens with one attached hydrogen (secondary N) is 1. The Morgan fingerprint density at radius 1 is 1.20 bits per heavy atom. The summed E-state index contributed by atoms with van der Waals surface area (Å²) in [6.45, 7) is 4.74. The standard InChI is InChI=1S/C24H33F2N7O2/c1-2-3-6-32(7-8-34)23-22-21(29-24(27)30-23)15-33(31-22)14-18-19(25)11-16(12-20(18)26)13-28-17-4-9-35-10-5-17/h11-12,15,17,28,34H,2-10,13-14H2,1H3,(H2,27,29). The van der Waals surface area contributed by atoms with Crippen LogP contribution in [0.4, 0.5) is 20.5 Å². The average molecular weight is 490 g/mol. The van der Waals surface area contributed by atoms with Gasteiger partial charge in [0, 0.05) is 44.5 Å². The van der Waals surface area contributed by atoms with Crippen molar-refractivity contribution in [2.45, 2.75) is 51.7 Å². The fraction of sp³-hybridized carbons (Fsp3) is 0.542. The Balaban J connectivity index is 1.55. The van der Waals surface area contributed by atoms with Crippen molar-refractivity contribution < 1.29 is 18.6 Å². The van der Waals surface area contributed by atoms with Crippen molar-refractivity contribution in [1.82, 2.24) is 25.1 Å². The Morgan fingerprint density at radius 3 is 2.63 bits per heavy atom. The predicted octanol–water partition coefficient (Wildman–Crippen LogP) is 2.60. The van der Waals surface area contributed by atoms with Crippen LogP contribution in [0.25, 0.3) is 11.0 Å². The van der Waals surface area contributed by atoms with Crippen LogP contribution < -0.4 is 16.0 Å². The number of hydrogen-bond donors (Lipinski definition) is 3. The number of nitrogens with two attached hydrogens (primary N) is 1. The third kappa shape index (κ3) is 6.22. The Bertz CT molecular complexity index is 1110. The topological polar surface area (TPSA) is 114 Å². The highest BCUT2D eigenvalue weighted by molar-refractivity contribution is 5.86. The summed E-state index contributed by atoms with van der Waals surface area (Å²) in [6, 6.07) is 3.02. The lowest BCUT2D eigenvalue weighted by Gasteiger charge is -2.23. The number of hydrogen-bond acceptors (Lipinski definition) is 8. The first-order chi connectivity index (χ1) is 17.0. The molecule has 0 spiro atoms. The Kier molecular flexibility index (Phi) is 8.42. The minimum absolute atomic E-state index is 0.0536. The van der Waals surface area contributed by atoms with Gasteiger partial charge in [-0.15, -0.1) is 0 Å². The molecule has 0 aliphatic carbocycles. The zero-order valence-electron chi connectivity index (χ0n) is 20.0. The smallest absolute Gasteiger partial charge is 0.222 e. The van der Waals surface area contributed by atoms with E-state index in [1.807, 2.05) is 4.90 Å². The number of aliphatic hydroxyl groups excluding tert-OH is 1. The largest absolute Gasteiger partial charge is 0.395 e. The van der Waals surface area contributed by atoms with Crippen LogP contribution in [0.15, 0.2) is 18.3 Å². The van der Waals surface area contributed by atoms with Crippen molar-refractivity contribution in [2.24, 2.45) is 0 Å². The predicted molar refractivity (Wildman–Crippen MR) is 130 cm³/mol. The van der Waals surface area contributed by atoms with Gasteiger partial charge < -0.3 is 25.8 Å². The fourth-order valence-corrected chi connectivity index (χ4v) is 4.29. The van der Waals surface area contributed by atoms with Gasteiger partial charge in [0.05, 0.1) is 19.3 Å². The lowest BCUT2D eigenvalue weighted by molar-refractivity contribution is 0.0776. The minimum Gasteiger partial charge on any atom is -0.395 e. The van der Waals surface area contributed by atoms with E-state index in [0.717, 1.165) is 25.7 Å². The molecule has 9 nitrogen and oxygen atoms in total. The maximum Gasteiger partial charge on any atom is 0.222 e. The molecule has 35 heavy (non-hydrogen) atoms. The molecule has 11 heteroatoms. The fourth-order valence-electron chi connectivity index (χ4n) is 4.29. The van der Waals surface area contributed by atoms with Crippen LogP contribution in [0.1, 0.15) is 43.7 Å². The van der Waals surface area contributed by atoms with E-state index < -0.39 is 11.6 Å². The van der Waals surface area contributed by atoms with Crippen molar-refractivity contribution >= 4 is 22.8 Å². The van der Waals surface area contributed by atoms with E-state index in [1.165, 1.54) is 16.8 Å². The lowest BCUT2D eigenvalue weighted by Crippen LogP contribution is -2.34. The van der Waals surface area contributed by atoms with Crippen molar-refractivity contribution in [2.75, 3.05) is 43.5 Å². The highest BCUT2D eigenvalue weighted by atomic mass is 19.1. The van der Waals surface area contributed by atoms with Gasteiger partial charge in [-0.3, -0.25) is 4.68 Å². The summed E-state index contributed by atoms with van der Waals surface area (Å²) in [6.07, 6.45) is 5.25. The SMILES string of the molecule is CCCCN(CCO)c1nc(N)nc2cn(Cc3c(F)cc(CNC4CCOCC4)cc3F)nc12. The Labute approximate surface area is 203 Å². The Hall–Kier alpha value is -2.89. The van der Waals surface area contributed by atoms with Crippen LogP contribution in [0, 0.1) is 11.6 Å². The van der Waals surface area contributed by atoms with Gasteiger partial charge in [-0.1, -0.05) is 13.3 Å². The highest BCUT2D eigenvalue weighted by Gasteiger charge is 2.19. The molecule has 4 N–H and O–H groups in total. The molecule has 3 heterocycles. The third-order valence-electron chi connectivity index (χ3n) is 6.20. The Morgan fingerprint density at radius 2 is 1.94 bits per heavy atom. The van der Waals surface area contributed by atoms with Crippen molar-refractivity contribution in [1.29, 1.82) is 0 Å². The number of ether oxygens (including phenoxy) is 1. The number of rotatable bonds is 11. The average Bonchev–Trinajstić information content (AvgIpc) is 3.25. The molecule has 0 saturated carbocycles. The van der Waals surface area contributed by atoms with Crippen LogP contribution in [0.2, 0.25) is 0 Å². The third-order valence-corrected chi connectivity index (χ3v) is 6.20. The molecule has 1 fully saturated rings. The molecule has 0 bridgehead atoms. The van der Waals surface area contributed by atoms with Gasteiger partial charge in [0.25, 0.3) is 0 Å². The molecule has 0 radical (unpaired) electrons. The molecule has 1 aliphatic heterocycles. The first kappa shape index (κ1) is 25.2. The van der Waals surface area contributed by atoms with E-state index in [0.29, 0.717) is 55.3 Å². The van der Waals surface area contributed by atoms with Crippen LogP contribution >= 0.6 is 0 Å². The number of aliphatic hydroxyl groups is 1. The van der Waals surface area contributed by atoms with E-state index in [2.05, 4.69) is 27.3 Å². The summed E-state index contributed by atoms with van der Waals surface area (Å²) in [5, 5.41) is 17.4. The molecular formula is C24H33F2N7O2. The van der Waals surface area contributed by atoms with Crippen LogP contribution in [0.3, 0.4) is 0 Å². The summed E-state index contributed by atoms with van der Waals surface area (Å²) < 4.78 is 36.6. The number of anilines is 2. The zero-order chi connectivity index (χ0) is 24.8. The van der Waals surface area contributed by atoms with Gasteiger partial charge in [0.15, 0.2) is 11.3 Å². The molecule has 4 rings (SSSR count). The summed E-state index contributed by atoms with van der Waals surface area (Å²) in [7, 11) is 0. The molecule has 3 aromatic rings. The van der Waals surface area contributed by atoms with Crippen molar-refractivity contribution in [3.63, 3.8) is 0 Å². The summed E-state index contributed by atoms with van der Waals surface area (Å²) >= 11 is 0. The van der Waals surface area contributed by atoms with Crippen LogP contribution in [-0.4, -0.2) is 63.8 Å². The van der Waals surface area contributed by atoms with Crippen LogP contribution in [-0.2, 0) is 17.8 Å². The molecule has 1 aliphatic rings. The quantitative estimate of drug-likeness (QED) is 0.377. The van der Waals surface area contributed by atoms with E-state index in [4.69, 9.17) is 10.5 Å². The zero-order valence-corrected chi connectivity index (χ0v) is 20.0. The second-order valence-electron chi connectivity index (χ2n) is 8.84. The molecule has 1 saturated heterocycles. The van der Waals surface area contributed by atoms with Gasteiger partial charge >= 0.3 is 0 Å². The van der Waals surface area contributed by atoms with Crippen LogP contribution in [0.5, 0.6) is 0 Å². The summed E-state index contributed by atoms with van der Waals surface area (Å²) in [5.41, 5.74) is 7.34. The first-order valence-corrected chi connectivity index (χ1v) is 12.1. The molecule has 1 aromatic carbocycles.